The molecule has 386 valence electrons. The fourth-order valence-electron chi connectivity index (χ4n) is 12.2. The van der Waals surface area contributed by atoms with E-state index in [0.717, 1.165) is 91.9 Å². The third kappa shape index (κ3) is 11.5. The molecule has 0 amide bonds. The SMILES string of the molecule is Clc1ccc2c(c1)CCc1cccnc1C2Cl.Clc1ccc2c(c1)CCc1cccnc1C2N1CCC(Cc2cnc[nH]2)CC1.c1ccc(C(c2ccccc2)(c2ccccc2)n2cnc(CC3CCNCC3)c2)cc1. The van der Waals surface area contributed by atoms with Crippen LogP contribution in [0.2, 0.25) is 10.0 Å². The predicted molar refractivity (Wildman–Crippen MR) is 308 cm³/mol. The van der Waals surface area contributed by atoms with Gasteiger partial charge in [-0.1, -0.05) is 138 Å². The summed E-state index contributed by atoms with van der Waals surface area (Å²) in [5.74, 6) is 1.43. The minimum Gasteiger partial charge on any atom is -0.348 e. The first-order chi connectivity index (χ1) is 37.4. The van der Waals surface area contributed by atoms with E-state index >= 15 is 0 Å². The standard InChI is InChI=1S/C28H29N3.C23H25ClN4.C14H11Cl2N/c1-4-10-24(11-5-1)28(25-12-6-2-7-13-25,26-14-8-3-9-15-26)31-21-27(30-22-31)20-23-16-18-29-19-17-23;24-19-5-6-21-18(13-19)4-3-17-2-1-9-26-22(17)23(21)28-10-7-16(8-11-28)12-20-14-25-15-27-20;15-11-5-6-12-10(8-11)4-3-9-2-1-7-17-14(9)13(12)16/h1-15,21-23,29H,16-20H2;1-2,5-6,9,13-16,23H,3-4,7-8,10-12H2,(H,25,27);1-2,5-8,13H,3-4H2. The molecule has 2 N–H and O–H groups in total. The number of alkyl halides is 1. The molecule has 11 heteroatoms. The quantitative estimate of drug-likeness (QED) is 0.111. The average Bonchev–Trinajstić information content (AvgIpc) is 4.11. The Bertz CT molecular complexity index is 3180. The number of aromatic nitrogens is 6. The molecule has 2 fully saturated rings. The van der Waals surface area contributed by atoms with Crippen LogP contribution < -0.4 is 5.32 Å². The molecule has 2 atom stereocenters. The second kappa shape index (κ2) is 24.3. The lowest BCUT2D eigenvalue weighted by Gasteiger charge is -2.38. The molecule has 4 aromatic heterocycles. The summed E-state index contributed by atoms with van der Waals surface area (Å²) in [6.07, 6.45) is 22.8. The van der Waals surface area contributed by atoms with Crippen LogP contribution in [0.3, 0.4) is 0 Å². The zero-order valence-corrected chi connectivity index (χ0v) is 45.2. The zero-order chi connectivity index (χ0) is 51.7. The van der Waals surface area contributed by atoms with Crippen molar-refractivity contribution in [2.24, 2.45) is 11.8 Å². The Kier molecular flexibility index (Phi) is 16.5. The van der Waals surface area contributed by atoms with E-state index in [1.54, 1.807) is 12.5 Å². The molecule has 9 aromatic rings. The lowest BCUT2D eigenvalue weighted by Crippen LogP contribution is -2.38. The number of hydrogen-bond donors (Lipinski definition) is 2. The Morgan fingerprint density at radius 3 is 1.68 bits per heavy atom. The lowest BCUT2D eigenvalue weighted by molar-refractivity contribution is 0.148. The van der Waals surface area contributed by atoms with Crippen molar-refractivity contribution in [2.75, 3.05) is 26.2 Å². The summed E-state index contributed by atoms with van der Waals surface area (Å²) in [6.45, 7) is 4.43. The van der Waals surface area contributed by atoms with E-state index in [9.17, 15) is 0 Å². The van der Waals surface area contributed by atoms with Gasteiger partial charge in [-0.3, -0.25) is 14.9 Å². The third-order valence-corrected chi connectivity index (χ3v) is 17.0. The van der Waals surface area contributed by atoms with E-state index in [4.69, 9.17) is 44.8 Å². The van der Waals surface area contributed by atoms with Gasteiger partial charge in [-0.05, 0) is 189 Å². The zero-order valence-electron chi connectivity index (χ0n) is 42.9. The first-order valence-electron chi connectivity index (χ1n) is 27.1. The normalized spacial score (nSPS) is 17.7. The molecule has 6 heterocycles. The number of halogens is 3. The number of imidazole rings is 2. The maximum atomic E-state index is 6.53. The summed E-state index contributed by atoms with van der Waals surface area (Å²) < 4.78 is 2.32. The summed E-state index contributed by atoms with van der Waals surface area (Å²) in [5, 5.41) is 4.90. The summed E-state index contributed by atoms with van der Waals surface area (Å²) >= 11 is 18.9. The van der Waals surface area contributed by atoms with Crippen molar-refractivity contribution in [3.05, 3.63) is 272 Å². The van der Waals surface area contributed by atoms with Crippen LogP contribution in [-0.4, -0.2) is 60.6 Å². The van der Waals surface area contributed by atoms with Crippen molar-refractivity contribution in [3.63, 3.8) is 0 Å². The van der Waals surface area contributed by atoms with Crippen molar-refractivity contribution in [3.8, 4) is 0 Å². The van der Waals surface area contributed by atoms with Gasteiger partial charge in [0.15, 0.2) is 0 Å². The van der Waals surface area contributed by atoms with E-state index in [2.05, 4.69) is 157 Å². The maximum absolute atomic E-state index is 6.53. The van der Waals surface area contributed by atoms with Crippen molar-refractivity contribution in [1.82, 2.24) is 39.7 Å². The molecule has 2 unspecified atom stereocenters. The number of H-pyrrole nitrogens is 1. The molecule has 0 bridgehead atoms. The number of benzene rings is 5. The molecule has 0 spiro atoms. The molecule has 2 aliphatic heterocycles. The highest BCUT2D eigenvalue weighted by atomic mass is 35.5. The number of nitrogens with one attached hydrogen (secondary N) is 2. The number of aromatic amines is 1. The summed E-state index contributed by atoms with van der Waals surface area (Å²) in [5.41, 5.74) is 15.6. The average molecular weight is 1060 g/mol. The first-order valence-corrected chi connectivity index (χ1v) is 28.3. The van der Waals surface area contributed by atoms with Crippen LogP contribution in [0.4, 0.5) is 0 Å². The molecule has 0 saturated carbocycles. The van der Waals surface area contributed by atoms with Gasteiger partial charge in [-0.15, -0.1) is 11.6 Å². The molecule has 76 heavy (non-hydrogen) atoms. The summed E-state index contributed by atoms with van der Waals surface area (Å²) in [4.78, 5) is 24.2. The Morgan fingerprint density at radius 2 is 1.09 bits per heavy atom. The van der Waals surface area contributed by atoms with Gasteiger partial charge >= 0.3 is 0 Å². The Hall–Kier alpha value is -6.39. The maximum Gasteiger partial charge on any atom is 0.121 e. The van der Waals surface area contributed by atoms with Gasteiger partial charge in [0, 0.05) is 40.5 Å². The van der Waals surface area contributed by atoms with Crippen molar-refractivity contribution >= 4 is 34.8 Å². The smallest absolute Gasteiger partial charge is 0.121 e. The van der Waals surface area contributed by atoms with Gasteiger partial charge < -0.3 is 14.9 Å². The fourth-order valence-corrected chi connectivity index (χ4v) is 13.0. The van der Waals surface area contributed by atoms with Crippen LogP contribution in [0, 0.1) is 11.8 Å². The Balaban J connectivity index is 0.000000127. The topological polar surface area (TPSA) is 87.6 Å². The van der Waals surface area contributed by atoms with Gasteiger partial charge in [0.25, 0.3) is 0 Å². The first kappa shape index (κ1) is 51.7. The minimum atomic E-state index is -0.469. The molecule has 13 rings (SSSR count). The number of fused-ring (bicyclic) bond motifs is 4. The van der Waals surface area contributed by atoms with Crippen LogP contribution in [0.1, 0.15) is 110 Å². The van der Waals surface area contributed by atoms with E-state index in [-0.39, 0.29) is 11.4 Å². The molecule has 4 aliphatic rings. The van der Waals surface area contributed by atoms with E-state index in [0.29, 0.717) is 5.92 Å². The van der Waals surface area contributed by atoms with Gasteiger partial charge in [0.05, 0.1) is 35.8 Å². The van der Waals surface area contributed by atoms with E-state index < -0.39 is 5.54 Å². The number of aryl methyl sites for hydroxylation is 4. The molecular formula is C65H65Cl3N8. The summed E-state index contributed by atoms with van der Waals surface area (Å²) in [7, 11) is 0. The summed E-state index contributed by atoms with van der Waals surface area (Å²) in [6, 6.07) is 53.3. The molecule has 0 radical (unpaired) electrons. The van der Waals surface area contributed by atoms with E-state index in [1.807, 2.05) is 49.1 Å². The van der Waals surface area contributed by atoms with Gasteiger partial charge in [0.2, 0.25) is 0 Å². The highest BCUT2D eigenvalue weighted by Gasteiger charge is 2.39. The van der Waals surface area contributed by atoms with Crippen molar-refractivity contribution < 1.29 is 0 Å². The van der Waals surface area contributed by atoms with Crippen LogP contribution in [0.5, 0.6) is 0 Å². The number of piperidine rings is 2. The highest BCUT2D eigenvalue weighted by Crippen LogP contribution is 2.42. The predicted octanol–water partition coefficient (Wildman–Crippen LogP) is 14.0. The lowest BCUT2D eigenvalue weighted by atomic mass is 9.76. The van der Waals surface area contributed by atoms with Crippen LogP contribution in [0.15, 0.2) is 189 Å². The van der Waals surface area contributed by atoms with Gasteiger partial charge in [-0.25, -0.2) is 9.97 Å². The molecule has 5 aromatic carbocycles. The van der Waals surface area contributed by atoms with Gasteiger partial charge in [0.1, 0.15) is 10.9 Å². The van der Waals surface area contributed by atoms with E-state index in [1.165, 1.54) is 87.3 Å². The van der Waals surface area contributed by atoms with Crippen LogP contribution in [-0.2, 0) is 44.1 Å². The molecular weight excluding hydrogens is 999 g/mol. The van der Waals surface area contributed by atoms with Crippen LogP contribution in [0.25, 0.3) is 0 Å². The number of likely N-dealkylation sites (tertiary alicyclic amines) is 1. The van der Waals surface area contributed by atoms with Crippen LogP contribution >= 0.6 is 34.8 Å². The Morgan fingerprint density at radius 1 is 0.553 bits per heavy atom. The van der Waals surface area contributed by atoms with Crippen molar-refractivity contribution in [1.29, 1.82) is 0 Å². The second-order valence-electron chi connectivity index (χ2n) is 20.8. The molecule has 2 saturated heterocycles. The number of rotatable bonds is 9. The second-order valence-corrected chi connectivity index (χ2v) is 22.1. The molecule has 2 aliphatic carbocycles. The Labute approximate surface area is 463 Å². The molecule has 8 nitrogen and oxygen atoms in total. The van der Waals surface area contributed by atoms with Gasteiger partial charge in [-0.2, -0.15) is 0 Å². The minimum absolute atomic E-state index is 0.166. The highest BCUT2D eigenvalue weighted by molar-refractivity contribution is 6.31. The number of hydrogen-bond acceptors (Lipinski definition) is 6. The van der Waals surface area contributed by atoms with Crippen molar-refractivity contribution in [2.45, 2.75) is 81.2 Å². The fraction of sp³-hybridized carbons (Fsp3) is 0.292. The number of pyridine rings is 2. The monoisotopic (exact) mass is 1060 g/mol. The third-order valence-electron chi connectivity index (χ3n) is 16.1. The largest absolute Gasteiger partial charge is 0.348 e. The number of nitrogens with zero attached hydrogens (tertiary/aromatic N) is 6.